The van der Waals surface area contributed by atoms with Crippen molar-refractivity contribution in [1.82, 2.24) is 9.97 Å². The number of nitrogens with zero attached hydrogens (tertiary/aromatic N) is 2. The highest BCUT2D eigenvalue weighted by atomic mass is 28.3. The maximum Gasteiger partial charge on any atom is 0.101 e. The Morgan fingerprint density at radius 3 is 1.38 bits per heavy atom. The summed E-state index contributed by atoms with van der Waals surface area (Å²) in [5, 5.41) is 2.56. The molecule has 0 atom stereocenters. The quantitative estimate of drug-likeness (QED) is 0.810. The molecule has 2 nitrogen and oxygen atoms in total. The summed E-state index contributed by atoms with van der Waals surface area (Å²) in [4.78, 5) is 9.73. The van der Waals surface area contributed by atoms with Gasteiger partial charge in [-0.15, -0.1) is 0 Å². The molecule has 4 heteroatoms. The van der Waals surface area contributed by atoms with E-state index in [1.54, 1.807) is 0 Å². The maximum absolute atomic E-state index is 4.86. The molecule has 0 aliphatic heterocycles. The summed E-state index contributed by atoms with van der Waals surface area (Å²) >= 11 is 0. The third-order valence-corrected chi connectivity index (χ3v) is 7.14. The summed E-state index contributed by atoms with van der Waals surface area (Å²) in [5.74, 6) is 0. The molecule has 21 heavy (non-hydrogen) atoms. The minimum Gasteiger partial charge on any atom is -0.262 e. The maximum atomic E-state index is 4.86. The van der Waals surface area contributed by atoms with Crippen LogP contribution in [0.1, 0.15) is 11.4 Å². The van der Waals surface area contributed by atoms with E-state index in [0.29, 0.717) is 0 Å². The van der Waals surface area contributed by atoms with Crippen LogP contribution in [0, 0.1) is 0 Å². The van der Waals surface area contributed by atoms with Gasteiger partial charge in [0.15, 0.2) is 0 Å². The van der Waals surface area contributed by atoms with Gasteiger partial charge in [-0.25, -0.2) is 0 Å². The van der Waals surface area contributed by atoms with Gasteiger partial charge < -0.3 is 0 Å². The van der Waals surface area contributed by atoms with Crippen LogP contribution < -0.4 is 10.6 Å². The molecule has 0 bridgehead atoms. The van der Waals surface area contributed by atoms with Crippen molar-refractivity contribution < 1.29 is 0 Å². The van der Waals surface area contributed by atoms with Gasteiger partial charge in [0.25, 0.3) is 0 Å². The van der Waals surface area contributed by atoms with Crippen LogP contribution >= 0.6 is 0 Å². The topological polar surface area (TPSA) is 25.8 Å². The monoisotopic (exact) mass is 314 g/mol. The molecule has 2 heterocycles. The van der Waals surface area contributed by atoms with Crippen molar-refractivity contribution >= 4 is 26.8 Å². The van der Waals surface area contributed by atoms with Crippen molar-refractivity contribution in [1.29, 1.82) is 0 Å². The van der Waals surface area contributed by atoms with E-state index in [0.717, 1.165) is 17.8 Å². The van der Waals surface area contributed by atoms with Crippen molar-refractivity contribution in [2.75, 3.05) is 0 Å². The summed E-state index contributed by atoms with van der Waals surface area (Å²) in [6.07, 6.45) is 0.830. The second kappa shape index (κ2) is 5.85. The zero-order chi connectivity index (χ0) is 15.7. The predicted molar refractivity (Wildman–Crippen MR) is 97.2 cm³/mol. The van der Waals surface area contributed by atoms with Crippen molar-refractivity contribution in [2.45, 2.75) is 45.7 Å². The second-order valence-electron chi connectivity index (χ2n) is 7.71. The van der Waals surface area contributed by atoms with Crippen molar-refractivity contribution in [3.63, 3.8) is 0 Å². The summed E-state index contributed by atoms with van der Waals surface area (Å²) in [6, 6.07) is 12.8. The molecule has 0 amide bonds. The molecule has 0 radical (unpaired) electrons. The van der Waals surface area contributed by atoms with Crippen LogP contribution in [0.15, 0.2) is 36.4 Å². The van der Waals surface area contributed by atoms with E-state index < -0.39 is 16.1 Å². The summed E-state index contributed by atoms with van der Waals surface area (Å²) in [7, 11) is -2.69. The lowest BCUT2D eigenvalue weighted by Crippen LogP contribution is -2.41. The molecule has 0 aliphatic rings. The number of hydrogen-bond acceptors (Lipinski definition) is 2. The number of hydrogen-bond donors (Lipinski definition) is 0. The highest BCUT2D eigenvalue weighted by Gasteiger charge is 2.20. The molecule has 0 aliphatic carbocycles. The Bertz CT molecular complexity index is 570. The SMILES string of the molecule is C[Si](C)(C)c1cccc(Cc2cccc([Si](C)(C)C)n2)n1. The Morgan fingerprint density at radius 1 is 0.667 bits per heavy atom. The van der Waals surface area contributed by atoms with Crippen molar-refractivity contribution in [3.05, 3.63) is 47.8 Å². The summed E-state index contributed by atoms with van der Waals surface area (Å²) < 4.78 is 0. The highest BCUT2D eigenvalue weighted by Crippen LogP contribution is 2.07. The predicted octanol–water partition coefficient (Wildman–Crippen LogP) is 3.16. The third kappa shape index (κ3) is 4.35. The van der Waals surface area contributed by atoms with Gasteiger partial charge in [-0.1, -0.05) is 51.4 Å². The lowest BCUT2D eigenvalue weighted by atomic mass is 10.2. The first-order chi connectivity index (χ1) is 9.66. The van der Waals surface area contributed by atoms with Gasteiger partial charge in [0, 0.05) is 28.4 Å². The molecule has 0 unspecified atom stereocenters. The molecule has 0 saturated carbocycles. The summed E-state index contributed by atoms with van der Waals surface area (Å²) in [6.45, 7) is 14.0. The van der Waals surface area contributed by atoms with Gasteiger partial charge in [0.1, 0.15) is 16.1 Å². The molecular formula is C17H26N2Si2. The molecule has 0 saturated heterocycles. The Balaban J connectivity index is 2.27. The first-order valence-electron chi connectivity index (χ1n) is 7.59. The van der Waals surface area contributed by atoms with Crippen molar-refractivity contribution in [2.24, 2.45) is 0 Å². The van der Waals surface area contributed by atoms with Gasteiger partial charge in [-0.2, -0.15) is 0 Å². The van der Waals surface area contributed by atoms with Crippen LogP contribution in [0.25, 0.3) is 0 Å². The largest absolute Gasteiger partial charge is 0.262 e. The Labute approximate surface area is 130 Å². The molecule has 0 aromatic carbocycles. The normalized spacial score (nSPS) is 12.5. The lowest BCUT2D eigenvalue weighted by Gasteiger charge is -2.17. The van der Waals surface area contributed by atoms with Crippen LogP contribution in [-0.2, 0) is 6.42 Å². The molecule has 2 rings (SSSR count). The number of pyridine rings is 2. The molecule has 0 N–H and O–H groups in total. The van der Waals surface area contributed by atoms with E-state index in [2.05, 4.69) is 75.7 Å². The van der Waals surface area contributed by atoms with Gasteiger partial charge in [0.2, 0.25) is 0 Å². The fourth-order valence-corrected chi connectivity index (χ4v) is 4.33. The van der Waals surface area contributed by atoms with Gasteiger partial charge in [-0.3, -0.25) is 9.97 Å². The van der Waals surface area contributed by atoms with Gasteiger partial charge in [0.05, 0.1) is 0 Å². The van der Waals surface area contributed by atoms with E-state index in [-0.39, 0.29) is 0 Å². The fraction of sp³-hybridized carbons (Fsp3) is 0.412. The first kappa shape index (κ1) is 16.1. The molecule has 112 valence electrons. The van der Waals surface area contributed by atoms with Crippen LogP contribution in [0.5, 0.6) is 0 Å². The number of rotatable bonds is 4. The van der Waals surface area contributed by atoms with Crippen molar-refractivity contribution in [3.8, 4) is 0 Å². The standard InChI is InChI=1S/C17H26N2Si2/c1-20(2,3)16-11-7-9-14(18-16)13-15-10-8-12-17(19-15)21(4,5)6/h7-12H,13H2,1-6H3. The molecule has 2 aromatic rings. The second-order valence-corrected chi connectivity index (χ2v) is 17.7. The van der Waals surface area contributed by atoms with Crippen LogP contribution in [0.2, 0.25) is 39.3 Å². The Kier molecular flexibility index (Phi) is 4.49. The minimum absolute atomic E-state index is 0.830. The Hall–Kier alpha value is -1.27. The van der Waals surface area contributed by atoms with E-state index in [1.807, 2.05) is 0 Å². The van der Waals surface area contributed by atoms with E-state index in [9.17, 15) is 0 Å². The lowest BCUT2D eigenvalue weighted by molar-refractivity contribution is 1.03. The van der Waals surface area contributed by atoms with E-state index in [4.69, 9.17) is 9.97 Å². The zero-order valence-electron chi connectivity index (χ0n) is 14.1. The Morgan fingerprint density at radius 2 is 1.05 bits per heavy atom. The van der Waals surface area contributed by atoms with E-state index >= 15 is 0 Å². The molecule has 0 spiro atoms. The van der Waals surface area contributed by atoms with Gasteiger partial charge in [-0.05, 0) is 24.3 Å². The molecule has 0 fully saturated rings. The molecule has 2 aromatic heterocycles. The smallest absolute Gasteiger partial charge is 0.101 e. The van der Waals surface area contributed by atoms with Crippen LogP contribution in [-0.4, -0.2) is 26.1 Å². The van der Waals surface area contributed by atoms with Gasteiger partial charge >= 0.3 is 0 Å². The average molecular weight is 315 g/mol. The zero-order valence-corrected chi connectivity index (χ0v) is 16.1. The highest BCUT2D eigenvalue weighted by molar-refractivity contribution is 6.88. The first-order valence-corrected chi connectivity index (χ1v) is 14.6. The van der Waals surface area contributed by atoms with Crippen LogP contribution in [0.4, 0.5) is 0 Å². The minimum atomic E-state index is -1.35. The number of aromatic nitrogens is 2. The molecular weight excluding hydrogens is 288 g/mol. The fourth-order valence-electron chi connectivity index (χ4n) is 2.18. The average Bonchev–Trinajstić information content (AvgIpc) is 2.37. The van der Waals surface area contributed by atoms with Crippen LogP contribution in [0.3, 0.4) is 0 Å². The van der Waals surface area contributed by atoms with E-state index in [1.165, 1.54) is 10.6 Å². The summed E-state index contributed by atoms with van der Waals surface area (Å²) in [5.41, 5.74) is 2.27. The third-order valence-electron chi connectivity index (χ3n) is 3.51.